The first-order valence-corrected chi connectivity index (χ1v) is 3.44. The zero-order valence-corrected chi connectivity index (χ0v) is 6.64. The van der Waals surface area contributed by atoms with Crippen molar-refractivity contribution in [2.24, 2.45) is 0 Å². The maximum absolute atomic E-state index is 11.9. The van der Waals surface area contributed by atoms with E-state index < -0.39 is 11.9 Å². The van der Waals surface area contributed by atoms with Crippen molar-refractivity contribution in [3.8, 4) is 0 Å². The number of rotatable bonds is 1. The molecule has 0 atom stereocenters. The Bertz CT molecular complexity index is 264. The van der Waals surface area contributed by atoms with Gasteiger partial charge in [0.15, 0.2) is 5.89 Å². The van der Waals surface area contributed by atoms with Crippen LogP contribution in [0, 0.1) is 0 Å². The van der Waals surface area contributed by atoms with Gasteiger partial charge in [-0.25, -0.2) is 4.98 Å². The smallest absolute Gasteiger partial charge is 0.436 e. The summed E-state index contributed by atoms with van der Waals surface area (Å²) in [5.74, 6) is -1.05. The topological polar surface area (TPSA) is 26.0 Å². The largest absolute Gasteiger partial charge is 0.451 e. The molecule has 0 unspecified atom stereocenters. The van der Waals surface area contributed by atoms with E-state index in [2.05, 4.69) is 9.40 Å². The number of aromatic nitrogens is 1. The fourth-order valence-corrected chi connectivity index (χ4v) is 0.686. The number of alkyl halides is 3. The molecule has 2 nitrogen and oxygen atoms in total. The summed E-state index contributed by atoms with van der Waals surface area (Å²) in [6.45, 7) is 3.43. The minimum Gasteiger partial charge on any atom is -0.436 e. The van der Waals surface area contributed by atoms with Gasteiger partial charge >= 0.3 is 6.18 Å². The molecule has 1 aromatic heterocycles. The second-order valence-electron chi connectivity index (χ2n) is 2.72. The third-order valence-corrected chi connectivity index (χ3v) is 1.30. The van der Waals surface area contributed by atoms with Crippen molar-refractivity contribution in [2.45, 2.75) is 25.9 Å². The van der Waals surface area contributed by atoms with Gasteiger partial charge in [-0.3, -0.25) is 0 Å². The molecule has 0 saturated carbocycles. The molecule has 0 spiro atoms. The van der Waals surface area contributed by atoms with Crippen molar-refractivity contribution in [1.82, 2.24) is 4.98 Å². The highest BCUT2D eigenvalue weighted by Gasteiger charge is 2.35. The Morgan fingerprint density at radius 1 is 1.42 bits per heavy atom. The van der Waals surface area contributed by atoms with Gasteiger partial charge in [-0.05, 0) is 0 Å². The monoisotopic (exact) mass is 179 g/mol. The van der Waals surface area contributed by atoms with Gasteiger partial charge in [0.2, 0.25) is 5.76 Å². The number of hydrogen-bond acceptors (Lipinski definition) is 2. The van der Waals surface area contributed by atoms with E-state index in [0.29, 0.717) is 6.20 Å². The van der Waals surface area contributed by atoms with Crippen LogP contribution in [0.15, 0.2) is 10.6 Å². The van der Waals surface area contributed by atoms with Crippen LogP contribution in [0.2, 0.25) is 0 Å². The lowest BCUT2D eigenvalue weighted by Gasteiger charge is -2.00. The first-order valence-electron chi connectivity index (χ1n) is 3.44. The van der Waals surface area contributed by atoms with Gasteiger partial charge in [-0.1, -0.05) is 13.8 Å². The molecule has 1 aromatic rings. The Balaban J connectivity index is 2.92. The maximum Gasteiger partial charge on any atom is 0.451 e. The van der Waals surface area contributed by atoms with Crippen LogP contribution in [0.3, 0.4) is 0 Å². The molecule has 0 aliphatic rings. The molecular weight excluding hydrogens is 171 g/mol. The van der Waals surface area contributed by atoms with Gasteiger partial charge in [0, 0.05) is 5.92 Å². The molecule has 0 fully saturated rings. The average Bonchev–Trinajstić information content (AvgIpc) is 2.30. The molecule has 0 N–H and O–H groups in total. The first kappa shape index (κ1) is 9.09. The van der Waals surface area contributed by atoms with Crippen LogP contribution in [0.5, 0.6) is 0 Å². The van der Waals surface area contributed by atoms with Crippen LogP contribution in [-0.2, 0) is 6.18 Å². The molecule has 1 heterocycles. The summed E-state index contributed by atoms with van der Waals surface area (Å²) in [6.07, 6.45) is -3.73. The Morgan fingerprint density at radius 3 is 2.25 bits per heavy atom. The van der Waals surface area contributed by atoms with Crippen LogP contribution in [0.1, 0.15) is 31.4 Å². The molecule has 1 rings (SSSR count). The summed E-state index contributed by atoms with van der Waals surface area (Å²) in [5.41, 5.74) is 0. The van der Waals surface area contributed by atoms with Gasteiger partial charge < -0.3 is 4.42 Å². The molecular formula is C7H8F3NO. The summed E-state index contributed by atoms with van der Waals surface area (Å²) in [7, 11) is 0. The van der Waals surface area contributed by atoms with Crippen LogP contribution < -0.4 is 0 Å². The Morgan fingerprint density at radius 2 is 2.00 bits per heavy atom. The predicted molar refractivity (Wildman–Crippen MR) is 35.6 cm³/mol. The van der Waals surface area contributed by atoms with E-state index in [0.717, 1.165) is 0 Å². The van der Waals surface area contributed by atoms with E-state index in [4.69, 9.17) is 0 Å². The molecule has 0 aliphatic carbocycles. The zero-order valence-electron chi connectivity index (χ0n) is 6.64. The summed E-state index contributed by atoms with van der Waals surface area (Å²) in [5, 5.41) is 0. The third kappa shape index (κ3) is 1.78. The van der Waals surface area contributed by atoms with Gasteiger partial charge in [0.25, 0.3) is 0 Å². The number of oxazole rings is 1. The second-order valence-corrected chi connectivity index (χ2v) is 2.72. The third-order valence-electron chi connectivity index (χ3n) is 1.30. The lowest BCUT2D eigenvalue weighted by atomic mass is 10.2. The highest BCUT2D eigenvalue weighted by Crippen LogP contribution is 2.30. The first-order chi connectivity index (χ1) is 5.41. The standard InChI is InChI=1S/C7H8F3NO/c1-4(2)6-11-3-5(12-6)7(8,9)10/h3-4H,1-2H3. The normalized spacial score (nSPS) is 12.5. The van der Waals surface area contributed by atoms with E-state index in [1.54, 1.807) is 13.8 Å². The van der Waals surface area contributed by atoms with Crippen LogP contribution in [0.4, 0.5) is 13.2 Å². The quantitative estimate of drug-likeness (QED) is 0.662. The van der Waals surface area contributed by atoms with Crippen LogP contribution in [-0.4, -0.2) is 4.98 Å². The van der Waals surface area contributed by atoms with Crippen molar-refractivity contribution >= 4 is 0 Å². The predicted octanol–water partition coefficient (Wildman–Crippen LogP) is 2.82. The lowest BCUT2D eigenvalue weighted by molar-refractivity contribution is -0.153. The highest BCUT2D eigenvalue weighted by atomic mass is 19.4. The van der Waals surface area contributed by atoms with Gasteiger partial charge in [-0.2, -0.15) is 13.2 Å². The van der Waals surface area contributed by atoms with Gasteiger partial charge in [-0.15, -0.1) is 0 Å². The summed E-state index contributed by atoms with van der Waals surface area (Å²) >= 11 is 0. The minimum absolute atomic E-state index is 0.113. The second kappa shape index (κ2) is 2.80. The van der Waals surface area contributed by atoms with E-state index in [9.17, 15) is 13.2 Å². The molecule has 68 valence electrons. The summed E-state index contributed by atoms with van der Waals surface area (Å²) in [4.78, 5) is 3.50. The Hall–Kier alpha value is -1.00. The molecule has 0 saturated heterocycles. The number of halogens is 3. The maximum atomic E-state index is 11.9. The van der Waals surface area contributed by atoms with Crippen molar-refractivity contribution in [2.75, 3.05) is 0 Å². The van der Waals surface area contributed by atoms with Crippen molar-refractivity contribution < 1.29 is 17.6 Å². The van der Waals surface area contributed by atoms with Crippen molar-refractivity contribution in [1.29, 1.82) is 0 Å². The van der Waals surface area contributed by atoms with Crippen LogP contribution >= 0.6 is 0 Å². The summed E-state index contributed by atoms with van der Waals surface area (Å²) in [6, 6.07) is 0. The average molecular weight is 179 g/mol. The minimum atomic E-state index is -4.43. The molecule has 0 aliphatic heterocycles. The fraction of sp³-hybridized carbons (Fsp3) is 0.571. The lowest BCUT2D eigenvalue weighted by Crippen LogP contribution is -2.02. The summed E-state index contributed by atoms with van der Waals surface area (Å²) < 4.78 is 40.3. The highest BCUT2D eigenvalue weighted by molar-refractivity contribution is 5.00. The molecule has 0 radical (unpaired) electrons. The van der Waals surface area contributed by atoms with Crippen LogP contribution in [0.25, 0.3) is 0 Å². The molecule has 0 amide bonds. The Labute approximate surface area is 67.4 Å². The SMILES string of the molecule is CC(C)c1ncc(C(F)(F)F)o1. The molecule has 5 heteroatoms. The fourth-order valence-electron chi connectivity index (χ4n) is 0.686. The van der Waals surface area contributed by atoms with Gasteiger partial charge in [0.05, 0.1) is 6.20 Å². The van der Waals surface area contributed by atoms with Crippen molar-refractivity contribution in [3.05, 3.63) is 17.8 Å². The molecule has 12 heavy (non-hydrogen) atoms. The van der Waals surface area contributed by atoms with E-state index in [1.165, 1.54) is 0 Å². The number of hydrogen-bond donors (Lipinski definition) is 0. The van der Waals surface area contributed by atoms with Gasteiger partial charge in [0.1, 0.15) is 0 Å². The number of nitrogens with zero attached hydrogens (tertiary/aromatic N) is 1. The Kier molecular flexibility index (Phi) is 2.12. The van der Waals surface area contributed by atoms with E-state index >= 15 is 0 Å². The zero-order chi connectivity index (χ0) is 9.35. The van der Waals surface area contributed by atoms with Crippen molar-refractivity contribution in [3.63, 3.8) is 0 Å². The van der Waals surface area contributed by atoms with E-state index in [1.807, 2.05) is 0 Å². The molecule has 0 aromatic carbocycles. The molecule has 0 bridgehead atoms. The van der Waals surface area contributed by atoms with E-state index in [-0.39, 0.29) is 11.8 Å².